The van der Waals surface area contributed by atoms with E-state index < -0.39 is 0 Å². The predicted octanol–water partition coefficient (Wildman–Crippen LogP) is 2.49. The van der Waals surface area contributed by atoms with Gasteiger partial charge in [0.2, 0.25) is 0 Å². The number of piperidine rings is 1. The SMILES string of the molecule is C1CCC(COC2COC3(CCNCC3)C2)CC1. The molecule has 1 N–H and O–H groups in total. The van der Waals surface area contributed by atoms with Gasteiger partial charge >= 0.3 is 0 Å². The van der Waals surface area contributed by atoms with Crippen LogP contribution in [-0.2, 0) is 9.47 Å². The second kappa shape index (κ2) is 5.89. The summed E-state index contributed by atoms with van der Waals surface area (Å²) >= 11 is 0. The molecule has 2 aliphatic heterocycles. The summed E-state index contributed by atoms with van der Waals surface area (Å²) < 4.78 is 12.2. The first-order chi connectivity index (χ1) is 8.86. The molecule has 0 bridgehead atoms. The Morgan fingerprint density at radius 2 is 1.89 bits per heavy atom. The molecule has 3 heteroatoms. The first-order valence-corrected chi connectivity index (χ1v) is 7.83. The van der Waals surface area contributed by atoms with Crippen LogP contribution < -0.4 is 5.32 Å². The first-order valence-electron chi connectivity index (χ1n) is 7.83. The summed E-state index contributed by atoms with van der Waals surface area (Å²) in [6.45, 7) is 4.01. The van der Waals surface area contributed by atoms with Crippen molar-refractivity contribution in [1.29, 1.82) is 0 Å². The highest BCUT2D eigenvalue weighted by Crippen LogP contribution is 2.35. The Morgan fingerprint density at radius 3 is 2.67 bits per heavy atom. The van der Waals surface area contributed by atoms with Crippen molar-refractivity contribution in [1.82, 2.24) is 5.32 Å². The average molecular weight is 253 g/mol. The lowest BCUT2D eigenvalue weighted by Gasteiger charge is -2.32. The molecule has 1 atom stereocenters. The summed E-state index contributed by atoms with van der Waals surface area (Å²) in [5.74, 6) is 0.823. The van der Waals surface area contributed by atoms with Gasteiger partial charge in [-0.25, -0.2) is 0 Å². The lowest BCUT2D eigenvalue weighted by Crippen LogP contribution is -2.41. The topological polar surface area (TPSA) is 30.5 Å². The second-order valence-electron chi connectivity index (χ2n) is 6.41. The molecule has 1 saturated carbocycles. The smallest absolute Gasteiger partial charge is 0.0836 e. The average Bonchev–Trinajstić information content (AvgIpc) is 2.82. The van der Waals surface area contributed by atoms with Gasteiger partial charge in [-0.3, -0.25) is 0 Å². The minimum atomic E-state index is 0.155. The van der Waals surface area contributed by atoms with E-state index in [9.17, 15) is 0 Å². The Kier molecular flexibility index (Phi) is 4.22. The highest BCUT2D eigenvalue weighted by Gasteiger charge is 2.41. The summed E-state index contributed by atoms with van der Waals surface area (Å²) in [5.41, 5.74) is 0.155. The quantitative estimate of drug-likeness (QED) is 0.838. The fourth-order valence-electron chi connectivity index (χ4n) is 3.77. The van der Waals surface area contributed by atoms with Gasteiger partial charge in [0.15, 0.2) is 0 Å². The zero-order valence-corrected chi connectivity index (χ0v) is 11.5. The maximum absolute atomic E-state index is 6.12. The first kappa shape index (κ1) is 12.9. The highest BCUT2D eigenvalue weighted by atomic mass is 16.6. The van der Waals surface area contributed by atoms with Crippen LogP contribution in [0.3, 0.4) is 0 Å². The van der Waals surface area contributed by atoms with E-state index in [4.69, 9.17) is 9.47 Å². The van der Waals surface area contributed by atoms with Crippen molar-refractivity contribution >= 4 is 0 Å². The van der Waals surface area contributed by atoms with E-state index in [2.05, 4.69) is 5.32 Å². The minimum Gasteiger partial charge on any atom is -0.375 e. The van der Waals surface area contributed by atoms with E-state index in [1.165, 1.54) is 32.1 Å². The van der Waals surface area contributed by atoms with E-state index in [0.717, 1.165) is 51.5 Å². The molecule has 1 aliphatic carbocycles. The van der Waals surface area contributed by atoms with Crippen LogP contribution in [0, 0.1) is 5.92 Å². The van der Waals surface area contributed by atoms with Crippen molar-refractivity contribution in [3.63, 3.8) is 0 Å². The molecule has 1 spiro atoms. The van der Waals surface area contributed by atoms with Gasteiger partial charge in [0.05, 0.1) is 18.3 Å². The molecule has 3 aliphatic rings. The maximum atomic E-state index is 6.12. The normalized spacial score (nSPS) is 33.0. The third-order valence-corrected chi connectivity index (χ3v) is 4.98. The fraction of sp³-hybridized carbons (Fsp3) is 1.00. The van der Waals surface area contributed by atoms with Crippen LogP contribution in [0.4, 0.5) is 0 Å². The van der Waals surface area contributed by atoms with Crippen molar-refractivity contribution in [2.24, 2.45) is 5.92 Å². The van der Waals surface area contributed by atoms with Gasteiger partial charge in [0.25, 0.3) is 0 Å². The van der Waals surface area contributed by atoms with E-state index in [-0.39, 0.29) is 5.60 Å². The number of nitrogens with one attached hydrogen (secondary N) is 1. The van der Waals surface area contributed by atoms with Gasteiger partial charge in [0.1, 0.15) is 0 Å². The number of hydrogen-bond donors (Lipinski definition) is 1. The Morgan fingerprint density at radius 1 is 1.11 bits per heavy atom. The largest absolute Gasteiger partial charge is 0.375 e. The van der Waals surface area contributed by atoms with Gasteiger partial charge in [-0.2, -0.15) is 0 Å². The summed E-state index contributed by atoms with van der Waals surface area (Å²) in [6, 6.07) is 0. The number of rotatable bonds is 3. The van der Waals surface area contributed by atoms with Crippen molar-refractivity contribution in [2.75, 3.05) is 26.3 Å². The molecule has 0 aromatic heterocycles. The van der Waals surface area contributed by atoms with Crippen LogP contribution in [-0.4, -0.2) is 38.0 Å². The molecule has 2 saturated heterocycles. The Labute approximate surface area is 111 Å². The van der Waals surface area contributed by atoms with Gasteiger partial charge < -0.3 is 14.8 Å². The summed E-state index contributed by atoms with van der Waals surface area (Å²) in [7, 11) is 0. The fourth-order valence-corrected chi connectivity index (χ4v) is 3.77. The third-order valence-electron chi connectivity index (χ3n) is 4.98. The molecule has 3 nitrogen and oxygen atoms in total. The van der Waals surface area contributed by atoms with Crippen LogP contribution in [0.2, 0.25) is 0 Å². The van der Waals surface area contributed by atoms with Gasteiger partial charge in [-0.05, 0) is 44.7 Å². The Hall–Kier alpha value is -0.120. The van der Waals surface area contributed by atoms with Crippen molar-refractivity contribution in [3.8, 4) is 0 Å². The summed E-state index contributed by atoms with van der Waals surface area (Å²) in [4.78, 5) is 0. The molecular weight excluding hydrogens is 226 g/mol. The molecule has 0 amide bonds. The van der Waals surface area contributed by atoms with Crippen LogP contribution in [0.15, 0.2) is 0 Å². The van der Waals surface area contributed by atoms with E-state index >= 15 is 0 Å². The van der Waals surface area contributed by atoms with Crippen molar-refractivity contribution < 1.29 is 9.47 Å². The van der Waals surface area contributed by atoms with Crippen molar-refractivity contribution in [3.05, 3.63) is 0 Å². The Balaban J connectivity index is 1.41. The zero-order chi connectivity index (χ0) is 12.3. The van der Waals surface area contributed by atoms with Crippen molar-refractivity contribution in [2.45, 2.75) is 63.1 Å². The van der Waals surface area contributed by atoms with Gasteiger partial charge in [-0.15, -0.1) is 0 Å². The molecule has 0 radical (unpaired) electrons. The monoisotopic (exact) mass is 253 g/mol. The maximum Gasteiger partial charge on any atom is 0.0836 e. The number of ether oxygens (including phenoxy) is 2. The van der Waals surface area contributed by atoms with E-state index in [0.29, 0.717) is 6.10 Å². The lowest BCUT2D eigenvalue weighted by atomic mass is 9.88. The van der Waals surface area contributed by atoms with Crippen LogP contribution in [0.5, 0.6) is 0 Å². The highest BCUT2D eigenvalue weighted by molar-refractivity contribution is 4.93. The van der Waals surface area contributed by atoms with E-state index in [1.54, 1.807) is 0 Å². The number of hydrogen-bond acceptors (Lipinski definition) is 3. The molecule has 3 rings (SSSR count). The minimum absolute atomic E-state index is 0.155. The third kappa shape index (κ3) is 3.06. The second-order valence-corrected chi connectivity index (χ2v) is 6.41. The molecule has 18 heavy (non-hydrogen) atoms. The summed E-state index contributed by atoms with van der Waals surface area (Å²) in [6.07, 6.45) is 10.8. The molecule has 0 aromatic carbocycles. The molecule has 0 aromatic rings. The van der Waals surface area contributed by atoms with Gasteiger partial charge in [-0.1, -0.05) is 19.3 Å². The predicted molar refractivity (Wildman–Crippen MR) is 71.7 cm³/mol. The molecule has 2 heterocycles. The summed E-state index contributed by atoms with van der Waals surface area (Å²) in [5, 5.41) is 3.41. The lowest BCUT2D eigenvalue weighted by molar-refractivity contribution is -0.0252. The zero-order valence-electron chi connectivity index (χ0n) is 11.5. The molecular formula is C15H27NO2. The Bertz CT molecular complexity index is 257. The molecule has 1 unspecified atom stereocenters. The van der Waals surface area contributed by atoms with Gasteiger partial charge in [0, 0.05) is 13.0 Å². The van der Waals surface area contributed by atoms with E-state index in [1.807, 2.05) is 0 Å². The molecule has 104 valence electrons. The standard InChI is InChI=1S/C15H27NO2/c1-2-4-13(5-3-1)11-17-14-10-15(18-12-14)6-8-16-9-7-15/h13-14,16H,1-12H2. The van der Waals surface area contributed by atoms with Crippen LogP contribution >= 0.6 is 0 Å². The molecule has 3 fully saturated rings. The van der Waals surface area contributed by atoms with Crippen LogP contribution in [0.25, 0.3) is 0 Å². The van der Waals surface area contributed by atoms with Crippen LogP contribution in [0.1, 0.15) is 51.4 Å².